The van der Waals surface area contributed by atoms with Gasteiger partial charge in [-0.25, -0.2) is 0 Å². The smallest absolute Gasteiger partial charge is 0.191 e. The molecule has 0 amide bonds. The Bertz CT molecular complexity index is 528. The van der Waals surface area contributed by atoms with Crippen LogP contribution in [0.5, 0.6) is 0 Å². The molecule has 1 aromatic heterocycles. The van der Waals surface area contributed by atoms with E-state index >= 15 is 0 Å². The van der Waals surface area contributed by atoms with Crippen LogP contribution in [0.15, 0.2) is 4.99 Å². The molecule has 24 heavy (non-hydrogen) atoms. The number of aliphatic imine (C=N–C) groups is 1. The number of nitrogens with zero attached hydrogens (tertiary/aromatic N) is 3. The van der Waals surface area contributed by atoms with E-state index in [0.717, 1.165) is 31.0 Å². The van der Waals surface area contributed by atoms with E-state index in [1.807, 2.05) is 18.8 Å². The summed E-state index contributed by atoms with van der Waals surface area (Å²) in [4.78, 5) is 4.33. The maximum absolute atomic E-state index is 4.49. The molecule has 0 bridgehead atoms. The van der Waals surface area contributed by atoms with Crippen LogP contribution in [0.4, 0.5) is 0 Å². The minimum Gasteiger partial charge on any atom is -0.356 e. The molecule has 1 atom stereocenters. The van der Waals surface area contributed by atoms with Crippen LogP contribution < -0.4 is 10.6 Å². The lowest BCUT2D eigenvalue weighted by Crippen LogP contribution is -2.43. The Kier molecular flexibility index (Phi) is 9.92. The molecule has 5 nitrogen and oxygen atoms in total. The molecule has 6 heteroatoms. The molecule has 0 spiro atoms. The zero-order valence-corrected chi connectivity index (χ0v) is 19.0. The summed E-state index contributed by atoms with van der Waals surface area (Å²) in [6.45, 7) is 14.2. The van der Waals surface area contributed by atoms with Gasteiger partial charge in [0.25, 0.3) is 0 Å². The highest BCUT2D eigenvalue weighted by Gasteiger charge is 2.14. The fourth-order valence-electron chi connectivity index (χ4n) is 2.72. The maximum atomic E-state index is 4.49. The van der Waals surface area contributed by atoms with Crippen molar-refractivity contribution in [3.05, 3.63) is 17.0 Å². The average Bonchev–Trinajstić information content (AvgIpc) is 2.67. The van der Waals surface area contributed by atoms with Crippen LogP contribution in [0.2, 0.25) is 0 Å². The lowest BCUT2D eigenvalue weighted by molar-refractivity contribution is 0.365. The molecule has 1 unspecified atom stereocenters. The van der Waals surface area contributed by atoms with E-state index in [1.54, 1.807) is 0 Å². The molecule has 0 radical (unpaired) electrons. The third-order valence-corrected chi connectivity index (χ3v) is 4.17. The SMILES string of the molecule is CN=C(NCCCC(C)(C)C)NC(C)Cc1c(C)nn(C)c1C.I. The Morgan fingerprint density at radius 3 is 2.38 bits per heavy atom. The van der Waals surface area contributed by atoms with Crippen LogP contribution in [0, 0.1) is 19.3 Å². The van der Waals surface area contributed by atoms with Crippen LogP contribution in [0.3, 0.4) is 0 Å². The molecule has 0 saturated heterocycles. The Morgan fingerprint density at radius 2 is 1.92 bits per heavy atom. The predicted molar refractivity (Wildman–Crippen MR) is 114 cm³/mol. The summed E-state index contributed by atoms with van der Waals surface area (Å²) in [5.41, 5.74) is 4.08. The molecule has 140 valence electrons. The summed E-state index contributed by atoms with van der Waals surface area (Å²) < 4.78 is 1.96. The number of aromatic nitrogens is 2. The molecular weight excluding hydrogens is 413 g/mol. The summed E-state index contributed by atoms with van der Waals surface area (Å²) in [7, 11) is 3.83. The van der Waals surface area contributed by atoms with Crippen LogP contribution in [0.25, 0.3) is 0 Å². The molecule has 0 aliphatic carbocycles. The molecular formula is C18H36IN5. The molecule has 1 aromatic rings. The van der Waals surface area contributed by atoms with Gasteiger partial charge in [0.15, 0.2) is 5.96 Å². The number of guanidine groups is 1. The summed E-state index contributed by atoms with van der Waals surface area (Å²) in [6, 6.07) is 0.311. The van der Waals surface area contributed by atoms with E-state index < -0.39 is 0 Å². The Hall–Kier alpha value is -0.790. The van der Waals surface area contributed by atoms with E-state index in [-0.39, 0.29) is 24.0 Å². The van der Waals surface area contributed by atoms with Crippen molar-refractivity contribution in [2.45, 2.75) is 66.8 Å². The zero-order chi connectivity index (χ0) is 17.6. The first-order chi connectivity index (χ1) is 10.6. The Morgan fingerprint density at radius 1 is 1.29 bits per heavy atom. The van der Waals surface area contributed by atoms with Gasteiger partial charge in [-0.15, -0.1) is 24.0 Å². The molecule has 0 saturated carbocycles. The fraction of sp³-hybridized carbons (Fsp3) is 0.778. The Balaban J connectivity index is 0.00000529. The van der Waals surface area contributed by atoms with Gasteiger partial charge >= 0.3 is 0 Å². The molecule has 0 aliphatic heterocycles. The third-order valence-electron chi connectivity index (χ3n) is 4.17. The first kappa shape index (κ1) is 23.2. The number of hydrogen-bond donors (Lipinski definition) is 2. The van der Waals surface area contributed by atoms with Crippen LogP contribution in [-0.2, 0) is 13.5 Å². The van der Waals surface area contributed by atoms with E-state index in [9.17, 15) is 0 Å². The lowest BCUT2D eigenvalue weighted by Gasteiger charge is -2.20. The van der Waals surface area contributed by atoms with Gasteiger partial charge in [-0.2, -0.15) is 5.10 Å². The van der Waals surface area contributed by atoms with Gasteiger partial charge in [0, 0.05) is 32.4 Å². The topological polar surface area (TPSA) is 54.2 Å². The van der Waals surface area contributed by atoms with E-state index in [4.69, 9.17) is 0 Å². The van der Waals surface area contributed by atoms with Crippen molar-refractivity contribution >= 4 is 29.9 Å². The van der Waals surface area contributed by atoms with Gasteiger partial charge in [-0.05, 0) is 51.0 Å². The minimum absolute atomic E-state index is 0. The second kappa shape index (κ2) is 10.3. The van der Waals surface area contributed by atoms with E-state index in [1.165, 1.54) is 17.7 Å². The largest absolute Gasteiger partial charge is 0.356 e. The van der Waals surface area contributed by atoms with Crippen molar-refractivity contribution in [2.24, 2.45) is 17.5 Å². The van der Waals surface area contributed by atoms with Crippen LogP contribution in [-0.4, -0.2) is 35.4 Å². The van der Waals surface area contributed by atoms with Crippen LogP contribution in [0.1, 0.15) is 57.5 Å². The molecule has 0 fully saturated rings. The third kappa shape index (κ3) is 7.85. The fourth-order valence-corrected chi connectivity index (χ4v) is 2.72. The summed E-state index contributed by atoms with van der Waals surface area (Å²) >= 11 is 0. The lowest BCUT2D eigenvalue weighted by atomic mass is 9.91. The highest BCUT2D eigenvalue weighted by atomic mass is 127. The van der Waals surface area contributed by atoms with Gasteiger partial charge in [0.1, 0.15) is 0 Å². The van der Waals surface area contributed by atoms with Crippen molar-refractivity contribution in [1.82, 2.24) is 20.4 Å². The van der Waals surface area contributed by atoms with Crippen molar-refractivity contribution in [1.29, 1.82) is 0 Å². The molecule has 0 aromatic carbocycles. The normalized spacial score (nSPS) is 13.4. The first-order valence-corrected chi connectivity index (χ1v) is 8.60. The van der Waals surface area contributed by atoms with Crippen molar-refractivity contribution in [2.75, 3.05) is 13.6 Å². The zero-order valence-electron chi connectivity index (χ0n) is 16.7. The van der Waals surface area contributed by atoms with Crippen molar-refractivity contribution in [3.63, 3.8) is 0 Å². The summed E-state index contributed by atoms with van der Waals surface area (Å²) in [5, 5.41) is 11.4. The average molecular weight is 449 g/mol. The van der Waals surface area contributed by atoms with E-state index in [2.05, 4.69) is 62.3 Å². The van der Waals surface area contributed by atoms with Gasteiger partial charge < -0.3 is 10.6 Å². The van der Waals surface area contributed by atoms with Gasteiger partial charge in [-0.1, -0.05) is 20.8 Å². The van der Waals surface area contributed by atoms with Gasteiger partial charge in [0.05, 0.1) is 5.69 Å². The number of hydrogen-bond acceptors (Lipinski definition) is 2. The van der Waals surface area contributed by atoms with Gasteiger partial charge in [-0.3, -0.25) is 9.67 Å². The van der Waals surface area contributed by atoms with Crippen molar-refractivity contribution < 1.29 is 0 Å². The molecule has 2 N–H and O–H groups in total. The minimum atomic E-state index is 0. The highest BCUT2D eigenvalue weighted by Crippen LogP contribution is 2.19. The van der Waals surface area contributed by atoms with Gasteiger partial charge in [0.2, 0.25) is 0 Å². The summed E-state index contributed by atoms with van der Waals surface area (Å²) in [6.07, 6.45) is 3.31. The maximum Gasteiger partial charge on any atom is 0.191 e. The quantitative estimate of drug-likeness (QED) is 0.302. The van der Waals surface area contributed by atoms with E-state index in [0.29, 0.717) is 11.5 Å². The second-order valence-electron chi connectivity index (χ2n) is 7.69. The van der Waals surface area contributed by atoms with Crippen molar-refractivity contribution in [3.8, 4) is 0 Å². The first-order valence-electron chi connectivity index (χ1n) is 8.60. The predicted octanol–water partition coefficient (Wildman–Crippen LogP) is 3.58. The summed E-state index contributed by atoms with van der Waals surface area (Å²) in [5.74, 6) is 0.880. The second-order valence-corrected chi connectivity index (χ2v) is 7.69. The Labute approximate surface area is 165 Å². The molecule has 0 aliphatic rings. The van der Waals surface area contributed by atoms with Crippen LogP contribution >= 0.6 is 24.0 Å². The molecule has 1 heterocycles. The number of rotatable bonds is 6. The monoisotopic (exact) mass is 449 g/mol. The highest BCUT2D eigenvalue weighted by molar-refractivity contribution is 14.0. The number of halogens is 1. The number of aryl methyl sites for hydroxylation is 2. The molecule has 1 rings (SSSR count). The standard InChI is InChI=1S/C18H35N5.HI/c1-13(12-16-14(2)22-23(8)15(16)3)21-17(19-7)20-11-9-10-18(4,5)6;/h13H,9-12H2,1-8H3,(H2,19,20,21);1H. The number of nitrogens with one attached hydrogen (secondary N) is 2.